The van der Waals surface area contributed by atoms with Gasteiger partial charge in [0.15, 0.2) is 0 Å². The average molecular weight is 246 g/mol. The molecule has 0 fully saturated rings. The predicted octanol–water partition coefficient (Wildman–Crippen LogP) is 3.23. The Balaban J connectivity index is 2.86. The van der Waals surface area contributed by atoms with Crippen molar-refractivity contribution >= 4 is 11.6 Å². The minimum absolute atomic E-state index is 0.0908. The average Bonchev–Trinajstić information content (AvgIpc) is 2.14. The van der Waals surface area contributed by atoms with Crippen LogP contribution in [0.4, 0.5) is 4.39 Å². The normalized spacial score (nSPS) is 13.6. The Bertz CT molecular complexity index is 363. The quantitative estimate of drug-likeness (QED) is 0.887. The summed E-state index contributed by atoms with van der Waals surface area (Å²) in [6.45, 7) is 6.48. The molecule has 0 aliphatic rings. The van der Waals surface area contributed by atoms with Crippen LogP contribution >= 0.6 is 11.6 Å². The minimum Gasteiger partial charge on any atom is -0.487 e. The van der Waals surface area contributed by atoms with Crippen LogP contribution in [0.1, 0.15) is 20.8 Å². The van der Waals surface area contributed by atoms with Crippen molar-refractivity contribution in [2.24, 2.45) is 11.1 Å². The monoisotopic (exact) mass is 245 g/mol. The molecule has 0 aliphatic carbocycles. The Kier molecular flexibility index (Phi) is 4.16. The molecule has 0 spiro atoms. The summed E-state index contributed by atoms with van der Waals surface area (Å²) in [5, 5.41) is 0.266. The van der Waals surface area contributed by atoms with Gasteiger partial charge in [0, 0.05) is 12.0 Å². The maximum Gasteiger partial charge on any atom is 0.138 e. The van der Waals surface area contributed by atoms with Gasteiger partial charge in [-0.05, 0) is 18.2 Å². The zero-order valence-corrected chi connectivity index (χ0v) is 10.5. The third-order valence-electron chi connectivity index (χ3n) is 2.34. The molecule has 1 aromatic carbocycles. The maximum atomic E-state index is 12.8. The van der Waals surface area contributed by atoms with E-state index in [0.29, 0.717) is 12.3 Å². The fourth-order valence-electron chi connectivity index (χ4n) is 1.30. The lowest BCUT2D eigenvalue weighted by Gasteiger charge is -2.30. The van der Waals surface area contributed by atoms with Crippen molar-refractivity contribution in [1.82, 2.24) is 0 Å². The SMILES string of the molecule is CC(C)(C)C(CN)Oc1ccc(F)cc1Cl. The second-order valence-corrected chi connectivity index (χ2v) is 5.19. The second-order valence-electron chi connectivity index (χ2n) is 4.78. The molecule has 0 aliphatic heterocycles. The molecule has 2 nitrogen and oxygen atoms in total. The second kappa shape index (κ2) is 5.02. The highest BCUT2D eigenvalue weighted by Crippen LogP contribution is 2.30. The fourth-order valence-corrected chi connectivity index (χ4v) is 1.51. The van der Waals surface area contributed by atoms with E-state index in [1.54, 1.807) is 0 Å². The highest BCUT2D eigenvalue weighted by atomic mass is 35.5. The van der Waals surface area contributed by atoms with E-state index >= 15 is 0 Å². The van der Waals surface area contributed by atoms with E-state index in [-0.39, 0.29) is 22.4 Å². The molecular formula is C12H17ClFNO. The minimum atomic E-state index is -0.377. The van der Waals surface area contributed by atoms with Gasteiger partial charge in [0.2, 0.25) is 0 Å². The van der Waals surface area contributed by atoms with E-state index in [0.717, 1.165) is 0 Å². The zero-order chi connectivity index (χ0) is 12.3. The van der Waals surface area contributed by atoms with Crippen LogP contribution < -0.4 is 10.5 Å². The van der Waals surface area contributed by atoms with Gasteiger partial charge >= 0.3 is 0 Å². The summed E-state index contributed by atoms with van der Waals surface area (Å²) in [6, 6.07) is 4.07. The molecule has 2 N–H and O–H groups in total. The highest BCUT2D eigenvalue weighted by Gasteiger charge is 2.25. The largest absolute Gasteiger partial charge is 0.487 e. The van der Waals surface area contributed by atoms with Gasteiger partial charge in [-0.2, -0.15) is 0 Å². The van der Waals surface area contributed by atoms with E-state index in [9.17, 15) is 4.39 Å². The smallest absolute Gasteiger partial charge is 0.138 e. The Hall–Kier alpha value is -0.800. The first-order valence-corrected chi connectivity index (χ1v) is 5.54. The number of halogens is 2. The molecule has 0 heterocycles. The number of benzene rings is 1. The molecule has 1 rings (SSSR count). The summed E-state index contributed by atoms with van der Waals surface area (Å²) >= 11 is 5.87. The van der Waals surface area contributed by atoms with Gasteiger partial charge in [0.25, 0.3) is 0 Å². The zero-order valence-electron chi connectivity index (χ0n) is 9.76. The van der Waals surface area contributed by atoms with E-state index in [2.05, 4.69) is 0 Å². The van der Waals surface area contributed by atoms with Crippen molar-refractivity contribution in [1.29, 1.82) is 0 Å². The van der Waals surface area contributed by atoms with Gasteiger partial charge < -0.3 is 10.5 Å². The van der Waals surface area contributed by atoms with E-state index in [1.165, 1.54) is 18.2 Å². The molecule has 0 radical (unpaired) electrons. The Morgan fingerprint density at radius 3 is 2.50 bits per heavy atom. The molecular weight excluding hydrogens is 229 g/mol. The van der Waals surface area contributed by atoms with Crippen molar-refractivity contribution in [2.45, 2.75) is 26.9 Å². The van der Waals surface area contributed by atoms with Crippen LogP contribution in [0.25, 0.3) is 0 Å². The number of hydrogen-bond acceptors (Lipinski definition) is 2. The first-order chi connectivity index (χ1) is 7.34. The topological polar surface area (TPSA) is 35.2 Å². The van der Waals surface area contributed by atoms with Crippen LogP contribution in [-0.2, 0) is 0 Å². The van der Waals surface area contributed by atoms with Crippen LogP contribution in [0.5, 0.6) is 5.75 Å². The molecule has 1 aromatic rings. The molecule has 0 amide bonds. The lowest BCUT2D eigenvalue weighted by molar-refractivity contribution is 0.0942. The van der Waals surface area contributed by atoms with Gasteiger partial charge in [0.05, 0.1) is 5.02 Å². The molecule has 16 heavy (non-hydrogen) atoms. The van der Waals surface area contributed by atoms with Crippen LogP contribution in [0, 0.1) is 11.2 Å². The summed E-state index contributed by atoms with van der Waals surface area (Å²) in [6.07, 6.45) is -0.157. The summed E-state index contributed by atoms with van der Waals surface area (Å²) in [5.74, 6) is 0.0887. The van der Waals surface area contributed by atoms with Gasteiger partial charge in [-0.3, -0.25) is 0 Å². The van der Waals surface area contributed by atoms with Crippen LogP contribution in [0.15, 0.2) is 18.2 Å². The molecule has 1 unspecified atom stereocenters. The van der Waals surface area contributed by atoms with E-state index < -0.39 is 0 Å². The lowest BCUT2D eigenvalue weighted by Crippen LogP contribution is -2.38. The van der Waals surface area contributed by atoms with Gasteiger partial charge in [-0.15, -0.1) is 0 Å². The Morgan fingerprint density at radius 2 is 2.06 bits per heavy atom. The number of hydrogen-bond donors (Lipinski definition) is 1. The third kappa shape index (κ3) is 3.35. The van der Waals surface area contributed by atoms with Gasteiger partial charge in [-0.1, -0.05) is 32.4 Å². The number of nitrogens with two attached hydrogens (primary N) is 1. The molecule has 0 bridgehead atoms. The van der Waals surface area contributed by atoms with E-state index in [1.807, 2.05) is 20.8 Å². The van der Waals surface area contributed by atoms with Crippen LogP contribution in [-0.4, -0.2) is 12.6 Å². The highest BCUT2D eigenvalue weighted by molar-refractivity contribution is 6.32. The van der Waals surface area contributed by atoms with Crippen LogP contribution in [0.3, 0.4) is 0 Å². The summed E-state index contributed by atoms with van der Waals surface area (Å²) in [7, 11) is 0. The molecule has 1 atom stereocenters. The van der Waals surface area contributed by atoms with Gasteiger partial charge in [-0.25, -0.2) is 4.39 Å². The molecule has 90 valence electrons. The summed E-state index contributed by atoms with van der Waals surface area (Å²) < 4.78 is 18.5. The third-order valence-corrected chi connectivity index (χ3v) is 2.64. The molecule has 0 aromatic heterocycles. The molecule has 4 heteroatoms. The van der Waals surface area contributed by atoms with Crippen molar-refractivity contribution in [3.63, 3.8) is 0 Å². The van der Waals surface area contributed by atoms with Crippen molar-refractivity contribution in [3.05, 3.63) is 29.0 Å². The standard InChI is InChI=1S/C12H17ClFNO/c1-12(2,3)11(7-15)16-10-5-4-8(14)6-9(10)13/h4-6,11H,7,15H2,1-3H3. The van der Waals surface area contributed by atoms with Gasteiger partial charge in [0.1, 0.15) is 17.7 Å². The summed E-state index contributed by atoms with van der Waals surface area (Å²) in [4.78, 5) is 0. The maximum absolute atomic E-state index is 12.8. The first-order valence-electron chi connectivity index (χ1n) is 5.16. The van der Waals surface area contributed by atoms with E-state index in [4.69, 9.17) is 22.1 Å². The molecule has 0 saturated heterocycles. The van der Waals surface area contributed by atoms with Crippen molar-refractivity contribution < 1.29 is 9.13 Å². The number of rotatable bonds is 3. The fraction of sp³-hybridized carbons (Fsp3) is 0.500. The van der Waals surface area contributed by atoms with Crippen molar-refractivity contribution in [2.75, 3.05) is 6.54 Å². The Morgan fingerprint density at radius 1 is 1.44 bits per heavy atom. The number of ether oxygens (including phenoxy) is 1. The van der Waals surface area contributed by atoms with Crippen LogP contribution in [0.2, 0.25) is 5.02 Å². The molecule has 0 saturated carbocycles. The first kappa shape index (κ1) is 13.3. The lowest BCUT2D eigenvalue weighted by atomic mass is 9.89. The Labute approximate surface area is 101 Å². The van der Waals surface area contributed by atoms with Crippen molar-refractivity contribution in [3.8, 4) is 5.75 Å². The summed E-state index contributed by atoms with van der Waals surface area (Å²) in [5.41, 5.74) is 5.55. The predicted molar refractivity (Wildman–Crippen MR) is 64.3 cm³/mol.